The molecule has 0 bridgehead atoms. The fourth-order valence-corrected chi connectivity index (χ4v) is 3.57. The Balaban J connectivity index is 1.69. The highest BCUT2D eigenvalue weighted by Crippen LogP contribution is 2.54. The van der Waals surface area contributed by atoms with E-state index >= 15 is 0 Å². The van der Waals surface area contributed by atoms with Crippen molar-refractivity contribution in [1.29, 1.82) is 0 Å². The Morgan fingerprint density at radius 3 is 2.80 bits per heavy atom. The molecule has 104 valence electrons. The Morgan fingerprint density at radius 1 is 1.40 bits per heavy atom. The van der Waals surface area contributed by atoms with Gasteiger partial charge in [-0.05, 0) is 19.1 Å². The van der Waals surface area contributed by atoms with Crippen LogP contribution in [-0.2, 0) is 12.5 Å². The van der Waals surface area contributed by atoms with E-state index in [-0.39, 0.29) is 11.5 Å². The lowest BCUT2D eigenvalue weighted by Gasteiger charge is -2.12. The largest absolute Gasteiger partial charge is 0.326 e. The summed E-state index contributed by atoms with van der Waals surface area (Å²) in [5.41, 5.74) is 10.1. The Morgan fingerprint density at radius 2 is 2.25 bits per heavy atom. The highest BCUT2D eigenvalue weighted by atomic mass is 15.3. The minimum atomic E-state index is 0.0233. The van der Waals surface area contributed by atoms with Crippen molar-refractivity contribution in [1.82, 2.24) is 25.3 Å². The second-order valence-corrected chi connectivity index (χ2v) is 5.91. The number of fused-ring (bicyclic) bond motifs is 1. The van der Waals surface area contributed by atoms with Crippen molar-refractivity contribution in [2.45, 2.75) is 18.4 Å². The van der Waals surface area contributed by atoms with Gasteiger partial charge in [-0.1, -0.05) is 0 Å². The monoisotopic (exact) mass is 270 g/mol. The van der Waals surface area contributed by atoms with Gasteiger partial charge in [-0.25, -0.2) is 0 Å². The molecule has 1 saturated carbocycles. The number of hydrogen-bond acceptors (Lipinski definition) is 5. The van der Waals surface area contributed by atoms with Gasteiger partial charge in [0.25, 0.3) is 0 Å². The summed E-state index contributed by atoms with van der Waals surface area (Å²) >= 11 is 0. The van der Waals surface area contributed by atoms with Crippen molar-refractivity contribution in [3.8, 4) is 11.3 Å². The SMILES string of the molecule is Cc1nn(C)cc1-c1ccc(C23CNCC2C3N)nn1. The molecule has 6 heteroatoms. The second-order valence-electron chi connectivity index (χ2n) is 5.91. The van der Waals surface area contributed by atoms with E-state index < -0.39 is 0 Å². The van der Waals surface area contributed by atoms with Crippen molar-refractivity contribution in [2.75, 3.05) is 13.1 Å². The third-order valence-corrected chi connectivity index (χ3v) is 4.79. The van der Waals surface area contributed by atoms with Gasteiger partial charge in [0.2, 0.25) is 0 Å². The molecule has 0 spiro atoms. The van der Waals surface area contributed by atoms with Crippen LogP contribution in [0.4, 0.5) is 0 Å². The van der Waals surface area contributed by atoms with E-state index in [9.17, 15) is 0 Å². The molecule has 2 aromatic heterocycles. The zero-order valence-electron chi connectivity index (χ0n) is 11.7. The molecular weight excluding hydrogens is 252 g/mol. The number of nitrogens with zero attached hydrogens (tertiary/aromatic N) is 4. The first kappa shape index (κ1) is 12.0. The first-order valence-corrected chi connectivity index (χ1v) is 6.94. The predicted octanol–water partition coefficient (Wildman–Crippen LogP) is -0.0164. The summed E-state index contributed by atoms with van der Waals surface area (Å²) in [4.78, 5) is 0. The fraction of sp³-hybridized carbons (Fsp3) is 0.500. The first-order chi connectivity index (χ1) is 9.63. The summed E-state index contributed by atoms with van der Waals surface area (Å²) in [5.74, 6) is 0.516. The predicted molar refractivity (Wildman–Crippen MR) is 75.0 cm³/mol. The van der Waals surface area contributed by atoms with Gasteiger partial charge in [0, 0.05) is 49.3 Å². The van der Waals surface area contributed by atoms with Gasteiger partial charge in [0.05, 0.1) is 17.1 Å². The number of rotatable bonds is 2. The quantitative estimate of drug-likeness (QED) is 0.802. The average molecular weight is 270 g/mol. The van der Waals surface area contributed by atoms with Crippen molar-refractivity contribution in [2.24, 2.45) is 18.7 Å². The van der Waals surface area contributed by atoms with Gasteiger partial charge in [-0.3, -0.25) is 4.68 Å². The van der Waals surface area contributed by atoms with Gasteiger partial charge < -0.3 is 11.1 Å². The van der Waals surface area contributed by atoms with E-state index in [0.717, 1.165) is 35.7 Å². The molecule has 20 heavy (non-hydrogen) atoms. The highest BCUT2D eigenvalue weighted by Gasteiger charge is 2.67. The van der Waals surface area contributed by atoms with E-state index in [4.69, 9.17) is 5.73 Å². The van der Waals surface area contributed by atoms with E-state index in [0.29, 0.717) is 5.92 Å². The second kappa shape index (κ2) is 3.86. The third kappa shape index (κ3) is 1.43. The van der Waals surface area contributed by atoms with Crippen LogP contribution in [0.1, 0.15) is 11.4 Å². The van der Waals surface area contributed by atoms with Crippen molar-refractivity contribution in [3.63, 3.8) is 0 Å². The number of nitrogens with one attached hydrogen (secondary N) is 1. The Labute approximate surface area is 117 Å². The molecule has 0 aromatic carbocycles. The lowest BCUT2D eigenvalue weighted by Crippen LogP contribution is -2.30. The zero-order valence-corrected chi connectivity index (χ0v) is 11.7. The number of aromatic nitrogens is 4. The van der Waals surface area contributed by atoms with Gasteiger partial charge in [0.1, 0.15) is 0 Å². The molecule has 1 saturated heterocycles. The summed E-state index contributed by atoms with van der Waals surface area (Å²) in [6.45, 7) is 3.89. The average Bonchev–Trinajstić information content (AvgIpc) is 2.82. The summed E-state index contributed by atoms with van der Waals surface area (Å²) in [5, 5.41) is 16.6. The topological polar surface area (TPSA) is 81.7 Å². The van der Waals surface area contributed by atoms with Crippen molar-refractivity contribution >= 4 is 0 Å². The van der Waals surface area contributed by atoms with Crippen LogP contribution in [0.5, 0.6) is 0 Å². The van der Waals surface area contributed by atoms with Crippen molar-refractivity contribution in [3.05, 3.63) is 29.7 Å². The molecule has 6 nitrogen and oxygen atoms in total. The van der Waals surface area contributed by atoms with E-state index in [1.807, 2.05) is 26.2 Å². The molecule has 0 radical (unpaired) electrons. The third-order valence-electron chi connectivity index (χ3n) is 4.79. The molecule has 2 fully saturated rings. The lowest BCUT2D eigenvalue weighted by molar-refractivity contribution is 0.609. The Kier molecular flexibility index (Phi) is 2.32. The van der Waals surface area contributed by atoms with E-state index in [2.05, 4.69) is 26.7 Å². The van der Waals surface area contributed by atoms with Gasteiger partial charge >= 0.3 is 0 Å². The molecule has 2 aliphatic rings. The van der Waals surface area contributed by atoms with Crippen LogP contribution in [0, 0.1) is 12.8 Å². The maximum absolute atomic E-state index is 6.19. The minimum Gasteiger partial charge on any atom is -0.326 e. The normalized spacial score (nSPS) is 31.4. The maximum Gasteiger partial charge on any atom is 0.0964 e. The molecular formula is C14H18N6. The van der Waals surface area contributed by atoms with Crippen LogP contribution in [0.3, 0.4) is 0 Å². The van der Waals surface area contributed by atoms with E-state index in [1.165, 1.54) is 0 Å². The van der Waals surface area contributed by atoms with Crippen LogP contribution in [0.15, 0.2) is 18.3 Å². The number of aryl methyl sites for hydroxylation is 2. The van der Waals surface area contributed by atoms with Gasteiger partial charge in [-0.2, -0.15) is 15.3 Å². The zero-order chi connectivity index (χ0) is 13.9. The van der Waals surface area contributed by atoms with Crippen LogP contribution in [-0.4, -0.2) is 39.1 Å². The number of nitrogens with two attached hydrogens (primary N) is 1. The standard InChI is InChI=1S/C14H18N6/c1-8-9(6-20(2)19-8)11-3-4-12(18-17-11)14-7-16-5-10(14)13(14)15/h3-4,6,10,13,16H,5,7,15H2,1-2H3. The maximum atomic E-state index is 6.19. The number of piperidine rings is 1. The summed E-state index contributed by atoms with van der Waals surface area (Å²) in [6.07, 6.45) is 1.97. The molecule has 0 amide bonds. The molecule has 3 N–H and O–H groups in total. The Bertz CT molecular complexity index is 661. The molecule has 2 aromatic rings. The lowest BCUT2D eigenvalue weighted by atomic mass is 10.00. The number of hydrogen-bond donors (Lipinski definition) is 2. The van der Waals surface area contributed by atoms with Crippen molar-refractivity contribution < 1.29 is 0 Å². The van der Waals surface area contributed by atoms with E-state index in [1.54, 1.807) is 4.68 Å². The summed E-state index contributed by atoms with van der Waals surface area (Å²) in [7, 11) is 1.91. The molecule has 4 rings (SSSR count). The minimum absolute atomic E-state index is 0.0233. The van der Waals surface area contributed by atoms with Gasteiger partial charge in [0.15, 0.2) is 0 Å². The first-order valence-electron chi connectivity index (χ1n) is 6.94. The molecule has 3 atom stereocenters. The van der Waals surface area contributed by atoms with Crippen LogP contribution >= 0.6 is 0 Å². The highest BCUT2D eigenvalue weighted by molar-refractivity contribution is 5.60. The smallest absolute Gasteiger partial charge is 0.0964 e. The molecule has 1 aliphatic heterocycles. The van der Waals surface area contributed by atoms with Crippen LogP contribution in [0.2, 0.25) is 0 Å². The molecule has 1 aliphatic carbocycles. The van der Waals surface area contributed by atoms with Gasteiger partial charge in [-0.15, -0.1) is 0 Å². The van der Waals surface area contributed by atoms with Crippen LogP contribution in [0.25, 0.3) is 11.3 Å². The molecule has 3 heterocycles. The molecule has 3 unspecified atom stereocenters. The Hall–Kier alpha value is -1.79. The fourth-order valence-electron chi connectivity index (χ4n) is 3.57. The van der Waals surface area contributed by atoms with Crippen LogP contribution < -0.4 is 11.1 Å². The summed E-state index contributed by atoms with van der Waals surface area (Å²) < 4.78 is 1.80. The summed E-state index contributed by atoms with van der Waals surface area (Å²) in [6, 6.07) is 4.33.